The highest BCUT2D eigenvalue weighted by atomic mass is 16.5. The van der Waals surface area contributed by atoms with Crippen LogP contribution in [0, 0.1) is 0 Å². The molecule has 0 saturated heterocycles. The molecule has 4 rings (SSSR count). The van der Waals surface area contributed by atoms with E-state index in [2.05, 4.69) is 21.4 Å². The van der Waals surface area contributed by atoms with Crippen LogP contribution in [0.1, 0.15) is 56.8 Å². The maximum Gasteiger partial charge on any atom is 0.251 e. The van der Waals surface area contributed by atoms with Crippen molar-refractivity contribution >= 4 is 17.5 Å². The number of hydrogen-bond acceptors (Lipinski definition) is 6. The van der Waals surface area contributed by atoms with E-state index in [0.29, 0.717) is 25.9 Å². The van der Waals surface area contributed by atoms with Crippen LogP contribution in [0.25, 0.3) is 0 Å². The molecule has 0 unspecified atom stereocenters. The number of carbonyl (C=O) groups is 2. The minimum atomic E-state index is -0.347. The molecule has 4 aromatic carbocycles. The van der Waals surface area contributed by atoms with Crippen LogP contribution in [-0.4, -0.2) is 36.7 Å². The molecule has 0 spiro atoms. The van der Waals surface area contributed by atoms with Crippen LogP contribution >= 0.6 is 0 Å². The average molecular weight is 567 g/mol. The minimum Gasteiger partial charge on any atom is -0.497 e. The van der Waals surface area contributed by atoms with Gasteiger partial charge in [0.2, 0.25) is 0 Å². The summed E-state index contributed by atoms with van der Waals surface area (Å²) in [6, 6.07) is 31.7. The molecule has 8 heteroatoms. The second-order valence-corrected chi connectivity index (χ2v) is 10.2. The lowest BCUT2D eigenvalue weighted by atomic mass is 10.0. The highest BCUT2D eigenvalue weighted by molar-refractivity contribution is 6.01. The monoisotopic (exact) mass is 566 g/mol. The Balaban J connectivity index is 1.44. The van der Waals surface area contributed by atoms with Gasteiger partial charge in [0.05, 0.1) is 18.8 Å². The smallest absolute Gasteiger partial charge is 0.251 e. The van der Waals surface area contributed by atoms with E-state index < -0.39 is 0 Å². The number of rotatable bonds is 14. The third-order valence-electron chi connectivity index (χ3n) is 7.03. The van der Waals surface area contributed by atoms with Crippen molar-refractivity contribution in [2.24, 2.45) is 0 Å². The van der Waals surface area contributed by atoms with Crippen molar-refractivity contribution in [3.63, 3.8) is 0 Å². The number of anilines is 1. The molecule has 2 atom stereocenters. The van der Waals surface area contributed by atoms with E-state index in [-0.39, 0.29) is 40.7 Å². The number of benzene rings is 4. The van der Waals surface area contributed by atoms with Gasteiger partial charge in [-0.1, -0.05) is 72.8 Å². The predicted molar refractivity (Wildman–Crippen MR) is 165 cm³/mol. The van der Waals surface area contributed by atoms with Crippen LogP contribution in [0.3, 0.4) is 0 Å². The Morgan fingerprint density at radius 3 is 2.10 bits per heavy atom. The maximum atomic E-state index is 13.5. The second kappa shape index (κ2) is 15.4. The molecule has 0 aliphatic carbocycles. The summed E-state index contributed by atoms with van der Waals surface area (Å²) in [6.07, 6.45) is 1.33. The van der Waals surface area contributed by atoms with Gasteiger partial charge in [0, 0.05) is 23.7 Å². The molecular weight excluding hydrogens is 528 g/mol. The number of carbonyl (C=O) groups excluding carboxylic acids is 2. The largest absolute Gasteiger partial charge is 0.497 e. The van der Waals surface area contributed by atoms with Gasteiger partial charge in [-0.05, 0) is 73.3 Å². The Bertz CT molecular complexity index is 1450. The summed E-state index contributed by atoms with van der Waals surface area (Å²) in [6.45, 7) is 3.25. The zero-order valence-electron chi connectivity index (χ0n) is 24.0. The summed E-state index contributed by atoms with van der Waals surface area (Å²) in [4.78, 5) is 26.6. The summed E-state index contributed by atoms with van der Waals surface area (Å²) in [7, 11) is 1.65. The molecule has 42 heavy (non-hydrogen) atoms. The summed E-state index contributed by atoms with van der Waals surface area (Å²) in [5.74, 6) is 0.136. The number of hydrogen-bond donors (Lipinski definition) is 5. The first-order chi connectivity index (χ1) is 20.4. The van der Waals surface area contributed by atoms with Gasteiger partial charge in [0.25, 0.3) is 11.8 Å². The fraction of sp³-hybridized carbons (Fsp3) is 0.235. The summed E-state index contributed by atoms with van der Waals surface area (Å²) in [5, 5.41) is 19.2. The number of ether oxygens (including phenoxy) is 1. The quantitative estimate of drug-likeness (QED) is 0.102. The van der Waals surface area contributed by atoms with Crippen LogP contribution in [-0.2, 0) is 13.0 Å². The van der Waals surface area contributed by atoms with Gasteiger partial charge >= 0.3 is 0 Å². The van der Waals surface area contributed by atoms with Gasteiger partial charge < -0.3 is 20.7 Å². The number of methoxy groups -OCH3 is 1. The van der Waals surface area contributed by atoms with Crippen molar-refractivity contribution in [3.05, 3.63) is 131 Å². The molecule has 8 nitrogen and oxygen atoms in total. The lowest BCUT2D eigenvalue weighted by molar-refractivity contribution is 0.0934. The highest BCUT2D eigenvalue weighted by Crippen LogP contribution is 2.18. The van der Waals surface area contributed by atoms with Gasteiger partial charge in [-0.25, -0.2) is 0 Å². The first kappa shape index (κ1) is 30.3. The number of amides is 2. The fourth-order valence-corrected chi connectivity index (χ4v) is 4.74. The molecular formula is C34H38N4O4. The zero-order chi connectivity index (χ0) is 29.7. The molecule has 0 saturated carbocycles. The Hall–Kier alpha value is -4.66. The molecule has 2 amide bonds. The van der Waals surface area contributed by atoms with Crippen LogP contribution < -0.4 is 26.2 Å². The number of nitrogens with one attached hydrogen (secondary N) is 4. The molecule has 0 aliphatic heterocycles. The highest BCUT2D eigenvalue weighted by Gasteiger charge is 2.19. The molecule has 0 heterocycles. The van der Waals surface area contributed by atoms with Crippen LogP contribution in [0.2, 0.25) is 0 Å². The van der Waals surface area contributed by atoms with Gasteiger partial charge in [0.15, 0.2) is 0 Å². The molecule has 0 fully saturated rings. The normalized spacial score (nSPS) is 12.2. The molecule has 0 radical (unpaired) electrons. The Morgan fingerprint density at radius 2 is 1.43 bits per heavy atom. The lowest BCUT2D eigenvalue weighted by Gasteiger charge is -2.20. The maximum absolute atomic E-state index is 13.5. The van der Waals surface area contributed by atoms with E-state index in [0.717, 1.165) is 22.4 Å². The Labute approximate surface area is 247 Å². The third kappa shape index (κ3) is 8.92. The van der Waals surface area contributed by atoms with Crippen LogP contribution in [0.15, 0.2) is 103 Å². The van der Waals surface area contributed by atoms with Gasteiger partial charge in [-0.2, -0.15) is 0 Å². The van der Waals surface area contributed by atoms with E-state index in [1.165, 1.54) is 12.1 Å². The predicted octanol–water partition coefficient (Wildman–Crippen LogP) is 5.51. The van der Waals surface area contributed by atoms with E-state index in [1.807, 2.05) is 91.9 Å². The summed E-state index contributed by atoms with van der Waals surface area (Å²) >= 11 is 0. The van der Waals surface area contributed by atoms with Crippen molar-refractivity contribution in [2.75, 3.05) is 19.1 Å². The molecule has 5 N–H and O–H groups in total. The van der Waals surface area contributed by atoms with Crippen molar-refractivity contribution < 1.29 is 19.5 Å². The molecule has 4 aromatic rings. The van der Waals surface area contributed by atoms with Crippen LogP contribution in [0.5, 0.6) is 5.75 Å². The lowest BCUT2D eigenvalue weighted by Crippen LogP contribution is -2.38. The van der Waals surface area contributed by atoms with Crippen molar-refractivity contribution in [1.82, 2.24) is 16.0 Å². The molecule has 218 valence electrons. The molecule has 0 aliphatic rings. The van der Waals surface area contributed by atoms with Crippen molar-refractivity contribution in [1.29, 1.82) is 0 Å². The van der Waals surface area contributed by atoms with E-state index in [9.17, 15) is 14.8 Å². The van der Waals surface area contributed by atoms with E-state index in [1.54, 1.807) is 13.2 Å². The van der Waals surface area contributed by atoms with E-state index >= 15 is 0 Å². The Morgan fingerprint density at radius 1 is 0.786 bits per heavy atom. The SMILES string of the molecule is COc1cccc(CNCC[C@H](Cc2ccccc2)NC(=O)c2cc(NO)cc(C(=O)N[C@H](C)c3ccccc3)c2)c1. The van der Waals surface area contributed by atoms with Gasteiger partial charge in [-0.3, -0.25) is 20.3 Å². The standard InChI is InChI=1S/C34H38N4O4/c1-24(27-13-7-4-8-14-27)36-33(39)28-20-29(22-31(21-28)38-41)34(40)37-30(18-25-10-5-3-6-11-25)16-17-35-23-26-12-9-15-32(19-26)42-2/h3-15,19-22,24,30,35,38,41H,16-18,23H2,1-2H3,(H,36,39)(H,37,40)/t24-,30-/m1/s1. The zero-order valence-corrected chi connectivity index (χ0v) is 24.0. The third-order valence-corrected chi connectivity index (χ3v) is 7.03. The Kier molecular flexibility index (Phi) is 11.1. The van der Waals surface area contributed by atoms with Gasteiger partial charge in [0.1, 0.15) is 5.75 Å². The van der Waals surface area contributed by atoms with Crippen molar-refractivity contribution in [3.8, 4) is 5.75 Å². The molecule has 0 bridgehead atoms. The summed E-state index contributed by atoms with van der Waals surface area (Å²) < 4.78 is 5.31. The van der Waals surface area contributed by atoms with Gasteiger partial charge in [-0.15, -0.1) is 0 Å². The topological polar surface area (TPSA) is 112 Å². The fourth-order valence-electron chi connectivity index (χ4n) is 4.74. The first-order valence-electron chi connectivity index (χ1n) is 14.0. The second-order valence-electron chi connectivity index (χ2n) is 10.2. The van der Waals surface area contributed by atoms with E-state index in [4.69, 9.17) is 4.74 Å². The first-order valence-corrected chi connectivity index (χ1v) is 14.0. The molecule has 0 aromatic heterocycles. The average Bonchev–Trinajstić information content (AvgIpc) is 3.03. The van der Waals surface area contributed by atoms with Crippen molar-refractivity contribution in [2.45, 2.75) is 38.4 Å². The summed E-state index contributed by atoms with van der Waals surface area (Å²) in [5.41, 5.74) is 6.05. The van der Waals surface area contributed by atoms with Crippen LogP contribution in [0.4, 0.5) is 5.69 Å². The minimum absolute atomic E-state index is 0.168.